The van der Waals surface area contributed by atoms with Crippen molar-refractivity contribution in [3.05, 3.63) is 81.6 Å². The Morgan fingerprint density at radius 2 is 1.70 bits per heavy atom. The van der Waals surface area contributed by atoms with Crippen LogP contribution in [0.2, 0.25) is 0 Å². The first-order chi connectivity index (χ1) is 14.6. The predicted molar refractivity (Wildman–Crippen MR) is 121 cm³/mol. The van der Waals surface area contributed by atoms with Gasteiger partial charge < -0.3 is 13.6 Å². The van der Waals surface area contributed by atoms with Crippen LogP contribution in [0.15, 0.2) is 75.6 Å². The van der Waals surface area contributed by atoms with E-state index in [0.717, 1.165) is 20.2 Å². The normalized spacial score (nSPS) is 11.1. The van der Waals surface area contributed by atoms with Gasteiger partial charge in [0.25, 0.3) is 11.8 Å². The van der Waals surface area contributed by atoms with Crippen molar-refractivity contribution in [2.75, 3.05) is 0 Å². The van der Waals surface area contributed by atoms with Crippen molar-refractivity contribution in [1.29, 1.82) is 0 Å². The fraction of sp³-hybridized carbons (Fsp3) is 0.0870. The molecule has 0 saturated carbocycles. The predicted octanol–water partition coefficient (Wildman–Crippen LogP) is 6.04. The quantitative estimate of drug-likeness (QED) is 0.269. The van der Waals surface area contributed by atoms with Crippen molar-refractivity contribution in [2.24, 2.45) is 0 Å². The van der Waals surface area contributed by atoms with Crippen molar-refractivity contribution in [3.63, 3.8) is 0 Å². The lowest BCUT2D eigenvalue weighted by molar-refractivity contribution is 0.271. The molecule has 148 valence electrons. The summed E-state index contributed by atoms with van der Waals surface area (Å²) in [6.45, 7) is 2.37. The Morgan fingerprint density at radius 1 is 0.867 bits per heavy atom. The van der Waals surface area contributed by atoms with Crippen molar-refractivity contribution >= 4 is 33.5 Å². The van der Waals surface area contributed by atoms with Gasteiger partial charge in [-0.2, -0.15) is 0 Å². The van der Waals surface area contributed by atoms with Crippen molar-refractivity contribution in [2.45, 2.75) is 13.5 Å². The molecule has 0 spiro atoms. The minimum atomic E-state index is 0.302. The molecule has 0 atom stereocenters. The summed E-state index contributed by atoms with van der Waals surface area (Å²) < 4.78 is 18.5. The molecule has 0 radical (unpaired) electrons. The maximum atomic E-state index is 5.80. The summed E-state index contributed by atoms with van der Waals surface area (Å²) in [6, 6.07) is 21.4. The van der Waals surface area contributed by atoms with Crippen molar-refractivity contribution in [1.82, 2.24) is 15.2 Å². The number of fused-ring (bicyclic) bond motifs is 1. The van der Waals surface area contributed by atoms with E-state index in [-0.39, 0.29) is 0 Å². The second-order valence-electron chi connectivity index (χ2n) is 6.81. The van der Waals surface area contributed by atoms with E-state index in [1.807, 2.05) is 54.6 Å². The number of furan rings is 1. The second-order valence-corrected chi connectivity index (χ2v) is 8.06. The summed E-state index contributed by atoms with van der Waals surface area (Å²) in [6.07, 6.45) is 0. The SMILES string of the molecule is Cc1ccc2nc(-c3nnc(-c4ccc(COc5ccc(I)cc5)o4)o3)ccc2c1. The Balaban J connectivity index is 1.33. The van der Waals surface area contributed by atoms with Crippen LogP contribution in [0.25, 0.3) is 34.1 Å². The number of halogens is 1. The molecular formula is C23H16IN3O3. The van der Waals surface area contributed by atoms with Gasteiger partial charge in [0.05, 0.1) is 5.52 Å². The first-order valence-corrected chi connectivity index (χ1v) is 10.4. The van der Waals surface area contributed by atoms with E-state index in [2.05, 4.69) is 50.8 Å². The zero-order valence-electron chi connectivity index (χ0n) is 16.0. The highest BCUT2D eigenvalue weighted by atomic mass is 127. The summed E-state index contributed by atoms with van der Waals surface area (Å²) in [5.41, 5.74) is 2.70. The minimum absolute atomic E-state index is 0.302. The molecule has 7 heteroatoms. The molecule has 0 bridgehead atoms. The fourth-order valence-corrected chi connectivity index (χ4v) is 3.41. The van der Waals surface area contributed by atoms with Gasteiger partial charge in [-0.1, -0.05) is 17.7 Å². The molecule has 0 N–H and O–H groups in total. The number of ether oxygens (including phenoxy) is 1. The number of rotatable bonds is 5. The van der Waals surface area contributed by atoms with Gasteiger partial charge in [-0.15, -0.1) is 10.2 Å². The molecule has 5 rings (SSSR count). The van der Waals surface area contributed by atoms with Crippen molar-refractivity contribution < 1.29 is 13.6 Å². The number of pyridine rings is 1. The first-order valence-electron chi connectivity index (χ1n) is 9.33. The monoisotopic (exact) mass is 509 g/mol. The third kappa shape index (κ3) is 3.93. The van der Waals surface area contributed by atoms with Crippen LogP contribution in [0.3, 0.4) is 0 Å². The number of aromatic nitrogens is 3. The highest BCUT2D eigenvalue weighted by Gasteiger charge is 2.15. The maximum Gasteiger partial charge on any atom is 0.283 e. The van der Waals surface area contributed by atoms with Crippen LogP contribution in [-0.2, 0) is 6.61 Å². The lowest BCUT2D eigenvalue weighted by Crippen LogP contribution is -1.93. The standard InChI is InChI=1S/C23H16IN3O3/c1-14-2-9-19-15(12-14)3-10-20(25-19)22-26-27-23(30-22)21-11-8-18(29-21)13-28-17-6-4-16(24)5-7-17/h2-12H,13H2,1H3. The van der Waals surface area contributed by atoms with Crippen LogP contribution in [0.4, 0.5) is 0 Å². The Morgan fingerprint density at radius 3 is 2.57 bits per heavy atom. The van der Waals surface area contributed by atoms with Gasteiger partial charge in [-0.25, -0.2) is 4.98 Å². The molecular weight excluding hydrogens is 493 g/mol. The lowest BCUT2D eigenvalue weighted by Gasteiger charge is -2.03. The van der Waals surface area contributed by atoms with Gasteiger partial charge in [-0.05, 0) is 84.1 Å². The van der Waals surface area contributed by atoms with E-state index in [1.54, 1.807) is 6.07 Å². The van der Waals surface area contributed by atoms with Gasteiger partial charge in [0.2, 0.25) is 0 Å². The van der Waals surface area contributed by atoms with E-state index in [1.165, 1.54) is 5.56 Å². The van der Waals surface area contributed by atoms with Gasteiger partial charge in [0.1, 0.15) is 23.8 Å². The number of hydrogen-bond donors (Lipinski definition) is 0. The van der Waals surface area contributed by atoms with E-state index in [0.29, 0.717) is 35.6 Å². The molecule has 0 amide bonds. The van der Waals surface area contributed by atoms with E-state index in [4.69, 9.17) is 13.6 Å². The summed E-state index contributed by atoms with van der Waals surface area (Å²) in [4.78, 5) is 4.62. The maximum absolute atomic E-state index is 5.80. The highest BCUT2D eigenvalue weighted by Crippen LogP contribution is 2.26. The molecule has 0 fully saturated rings. The molecule has 0 unspecified atom stereocenters. The van der Waals surface area contributed by atoms with Gasteiger partial charge >= 0.3 is 0 Å². The summed E-state index contributed by atoms with van der Waals surface area (Å²) in [7, 11) is 0. The van der Waals surface area contributed by atoms with E-state index >= 15 is 0 Å². The number of benzene rings is 2. The summed E-state index contributed by atoms with van der Waals surface area (Å²) in [5.74, 6) is 2.59. The molecule has 5 aromatic rings. The highest BCUT2D eigenvalue weighted by molar-refractivity contribution is 14.1. The molecule has 2 aromatic carbocycles. The second kappa shape index (κ2) is 7.91. The fourth-order valence-electron chi connectivity index (χ4n) is 3.05. The number of hydrogen-bond acceptors (Lipinski definition) is 6. The Hall–Kier alpha value is -3.20. The Labute approximate surface area is 186 Å². The van der Waals surface area contributed by atoms with Gasteiger partial charge in [-0.3, -0.25) is 0 Å². The van der Waals surface area contributed by atoms with Crippen LogP contribution in [-0.4, -0.2) is 15.2 Å². The van der Waals surface area contributed by atoms with Crippen LogP contribution in [0.1, 0.15) is 11.3 Å². The minimum Gasteiger partial charge on any atom is -0.486 e. The largest absolute Gasteiger partial charge is 0.486 e. The van der Waals surface area contributed by atoms with Crippen LogP contribution >= 0.6 is 22.6 Å². The smallest absolute Gasteiger partial charge is 0.283 e. The molecule has 0 aliphatic heterocycles. The van der Waals surface area contributed by atoms with Crippen molar-refractivity contribution in [3.8, 4) is 29.0 Å². The molecule has 0 saturated heterocycles. The molecule has 3 heterocycles. The lowest BCUT2D eigenvalue weighted by atomic mass is 10.1. The third-order valence-corrected chi connectivity index (χ3v) is 5.28. The van der Waals surface area contributed by atoms with Crippen LogP contribution in [0.5, 0.6) is 5.75 Å². The van der Waals surface area contributed by atoms with E-state index in [9.17, 15) is 0 Å². The summed E-state index contributed by atoms with van der Waals surface area (Å²) >= 11 is 2.26. The third-order valence-electron chi connectivity index (χ3n) is 4.56. The topological polar surface area (TPSA) is 74.2 Å². The Bertz CT molecular complexity index is 1330. The number of nitrogens with zero attached hydrogens (tertiary/aromatic N) is 3. The zero-order chi connectivity index (χ0) is 20.5. The molecule has 0 aliphatic carbocycles. The molecule has 6 nitrogen and oxygen atoms in total. The van der Waals surface area contributed by atoms with E-state index < -0.39 is 0 Å². The average molecular weight is 509 g/mol. The average Bonchev–Trinajstić information content (AvgIpc) is 3.43. The summed E-state index contributed by atoms with van der Waals surface area (Å²) in [5, 5.41) is 9.30. The molecule has 0 aliphatic rings. The first kappa shape index (κ1) is 18.8. The zero-order valence-corrected chi connectivity index (χ0v) is 18.2. The van der Waals surface area contributed by atoms with Gasteiger partial charge in [0, 0.05) is 8.96 Å². The molecule has 30 heavy (non-hydrogen) atoms. The molecule has 3 aromatic heterocycles. The van der Waals surface area contributed by atoms with Gasteiger partial charge in [0.15, 0.2) is 5.76 Å². The Kier molecular flexibility index (Phi) is 4.96. The van der Waals surface area contributed by atoms with Crippen LogP contribution < -0.4 is 4.74 Å². The van der Waals surface area contributed by atoms with Crippen LogP contribution in [0, 0.1) is 10.5 Å². The number of aryl methyl sites for hydroxylation is 1.